The fourth-order valence-electron chi connectivity index (χ4n) is 11.6. The van der Waals surface area contributed by atoms with Crippen molar-refractivity contribution in [3.63, 3.8) is 0 Å². The summed E-state index contributed by atoms with van der Waals surface area (Å²) in [6.45, 7) is 0. The van der Waals surface area contributed by atoms with Gasteiger partial charge >= 0.3 is 0 Å². The number of hydrogen-bond acceptors (Lipinski definition) is 5. The second-order valence-electron chi connectivity index (χ2n) is 18.7. The Morgan fingerprint density at radius 2 is 0.903 bits per heavy atom. The van der Waals surface area contributed by atoms with Crippen LogP contribution in [0, 0.1) is 0 Å². The summed E-state index contributed by atoms with van der Waals surface area (Å²) in [7, 11) is 0. The quantitative estimate of drug-likeness (QED) is 0.172. The molecule has 11 aromatic carbocycles. The van der Waals surface area contributed by atoms with E-state index in [-0.39, 0.29) is 0 Å². The Morgan fingerprint density at radius 3 is 1.71 bits per heavy atom. The maximum absolute atomic E-state index is 7.15. The number of benzene rings is 11. The zero-order valence-electron chi connectivity index (χ0n) is 38.4. The van der Waals surface area contributed by atoms with E-state index < -0.39 is 0 Å². The number of para-hydroxylation sites is 3. The lowest BCUT2D eigenvalue weighted by atomic mass is 10.0. The standard InChI is InChI=1S/C65H37N5OS/c1-2-19-41(20-3-1)69-53-28-12-9-23-45(53)59-48(25-14-29-54(59)69)63-66-64(49-26-15-31-58-61(49)46-24-10-13-30-57(46)72-58)68-65(67-63)51-36-42(37-56-60(51)47-33-32-38-16-6-7-21-43(38)62(47)71-56)70-52-27-11-8-22-44(52)50-34-39-17-4-5-18-40(39)35-55(50)70/h1-37H. The van der Waals surface area contributed by atoms with Crippen molar-refractivity contribution in [3.8, 4) is 45.5 Å². The van der Waals surface area contributed by atoms with Crippen LogP contribution in [0.5, 0.6) is 0 Å². The molecule has 0 unspecified atom stereocenters. The molecule has 5 aromatic heterocycles. The van der Waals surface area contributed by atoms with Gasteiger partial charge in [0.25, 0.3) is 0 Å². The van der Waals surface area contributed by atoms with E-state index in [0.29, 0.717) is 17.5 Å². The molecule has 72 heavy (non-hydrogen) atoms. The lowest BCUT2D eigenvalue weighted by molar-refractivity contribution is 0.672. The first-order valence-corrected chi connectivity index (χ1v) is 25.1. The molecule has 0 radical (unpaired) electrons. The summed E-state index contributed by atoms with van der Waals surface area (Å²) in [5.41, 5.74) is 10.8. The number of hydrogen-bond donors (Lipinski definition) is 0. The molecular formula is C65H37N5OS. The summed E-state index contributed by atoms with van der Waals surface area (Å²) in [5, 5.41) is 13.4. The molecule has 16 aromatic rings. The van der Waals surface area contributed by atoms with Crippen molar-refractivity contribution in [3.05, 3.63) is 224 Å². The van der Waals surface area contributed by atoms with Crippen molar-refractivity contribution < 1.29 is 4.42 Å². The van der Waals surface area contributed by atoms with Gasteiger partial charge in [0.2, 0.25) is 0 Å². The molecule has 0 fully saturated rings. The van der Waals surface area contributed by atoms with Gasteiger partial charge in [-0.2, -0.15) is 0 Å². The highest BCUT2D eigenvalue weighted by molar-refractivity contribution is 7.25. The molecule has 334 valence electrons. The number of nitrogens with zero attached hydrogens (tertiary/aromatic N) is 5. The minimum atomic E-state index is 0.560. The maximum Gasteiger partial charge on any atom is 0.164 e. The summed E-state index contributed by atoms with van der Waals surface area (Å²) in [6, 6.07) is 80.1. The van der Waals surface area contributed by atoms with Crippen LogP contribution < -0.4 is 0 Å². The van der Waals surface area contributed by atoms with Crippen LogP contribution in [-0.4, -0.2) is 24.1 Å². The van der Waals surface area contributed by atoms with E-state index >= 15 is 0 Å². The topological polar surface area (TPSA) is 61.7 Å². The summed E-state index contributed by atoms with van der Waals surface area (Å²) in [5.74, 6) is 1.76. The molecular weight excluding hydrogens is 899 g/mol. The molecule has 0 atom stereocenters. The first kappa shape index (κ1) is 39.4. The predicted octanol–water partition coefficient (Wildman–Crippen LogP) is 17.6. The number of furan rings is 1. The van der Waals surface area contributed by atoms with Crippen LogP contribution in [0.1, 0.15) is 0 Å². The Bertz CT molecular complexity index is 4940. The SMILES string of the molecule is c1ccc(-n2c3ccccc3c3c(-c4nc(-c5cc(-n6c7ccccc7c7cc8ccccc8cc76)cc6oc7c8ccccc8ccc7c56)nc(-c5cccc6sc7ccccc7c56)n4)cccc32)cc1. The van der Waals surface area contributed by atoms with Crippen LogP contribution in [0.15, 0.2) is 229 Å². The highest BCUT2D eigenvalue weighted by Gasteiger charge is 2.25. The lowest BCUT2D eigenvalue weighted by Gasteiger charge is -2.14. The minimum absolute atomic E-state index is 0.560. The minimum Gasteiger partial charge on any atom is -0.455 e. The van der Waals surface area contributed by atoms with E-state index in [1.807, 2.05) is 0 Å². The average Bonchev–Trinajstić information content (AvgIpc) is 4.20. The largest absolute Gasteiger partial charge is 0.455 e. The van der Waals surface area contributed by atoms with Crippen molar-refractivity contribution in [1.29, 1.82) is 0 Å². The van der Waals surface area contributed by atoms with E-state index in [1.54, 1.807) is 11.3 Å². The van der Waals surface area contributed by atoms with Gasteiger partial charge in [-0.3, -0.25) is 0 Å². The third kappa shape index (κ3) is 5.68. The fraction of sp³-hybridized carbons (Fsp3) is 0. The normalized spacial score (nSPS) is 12.2. The van der Waals surface area contributed by atoms with Gasteiger partial charge in [-0.1, -0.05) is 152 Å². The lowest BCUT2D eigenvalue weighted by Crippen LogP contribution is -2.02. The number of rotatable bonds is 5. The molecule has 0 aliphatic rings. The first-order chi connectivity index (χ1) is 35.7. The van der Waals surface area contributed by atoms with E-state index in [1.165, 1.54) is 36.3 Å². The van der Waals surface area contributed by atoms with Crippen molar-refractivity contribution in [2.75, 3.05) is 0 Å². The Kier molecular flexibility index (Phi) is 8.23. The molecule has 5 heterocycles. The monoisotopic (exact) mass is 935 g/mol. The molecule has 0 amide bonds. The van der Waals surface area contributed by atoms with E-state index in [9.17, 15) is 0 Å². The Hall–Kier alpha value is -9.43. The second kappa shape index (κ2) is 15.0. The summed E-state index contributed by atoms with van der Waals surface area (Å²) in [6.07, 6.45) is 0. The van der Waals surface area contributed by atoms with Crippen molar-refractivity contribution in [2.45, 2.75) is 0 Å². The molecule has 0 aliphatic heterocycles. The van der Waals surface area contributed by atoms with Crippen molar-refractivity contribution in [2.24, 2.45) is 0 Å². The highest BCUT2D eigenvalue weighted by atomic mass is 32.1. The molecule has 0 saturated carbocycles. The zero-order chi connectivity index (χ0) is 47.0. The van der Waals surface area contributed by atoms with Gasteiger partial charge in [-0.25, -0.2) is 15.0 Å². The van der Waals surface area contributed by atoms with Gasteiger partial charge in [-0.15, -0.1) is 11.3 Å². The summed E-state index contributed by atoms with van der Waals surface area (Å²) >= 11 is 1.79. The second-order valence-corrected chi connectivity index (χ2v) is 19.8. The molecule has 0 saturated heterocycles. The Balaban J connectivity index is 1.05. The van der Waals surface area contributed by atoms with E-state index in [4.69, 9.17) is 19.4 Å². The van der Waals surface area contributed by atoms with E-state index in [0.717, 1.165) is 99.0 Å². The van der Waals surface area contributed by atoms with Crippen molar-refractivity contribution in [1.82, 2.24) is 24.1 Å². The van der Waals surface area contributed by atoms with Crippen LogP contribution in [0.4, 0.5) is 0 Å². The molecule has 0 spiro atoms. The maximum atomic E-state index is 7.15. The number of fused-ring (bicyclic) bond motifs is 15. The van der Waals surface area contributed by atoms with Crippen LogP contribution in [0.25, 0.3) is 153 Å². The third-order valence-corrected chi connectivity index (χ3v) is 15.9. The molecule has 16 rings (SSSR count). The van der Waals surface area contributed by atoms with Gasteiger partial charge in [0, 0.05) is 86.3 Å². The predicted molar refractivity (Wildman–Crippen MR) is 300 cm³/mol. The number of thiophene rings is 1. The molecule has 6 nitrogen and oxygen atoms in total. The fourth-order valence-corrected chi connectivity index (χ4v) is 12.7. The van der Waals surface area contributed by atoms with Gasteiger partial charge in [0.15, 0.2) is 17.5 Å². The molecule has 0 bridgehead atoms. The average molecular weight is 936 g/mol. The van der Waals surface area contributed by atoms with Crippen LogP contribution in [0.2, 0.25) is 0 Å². The highest BCUT2D eigenvalue weighted by Crippen LogP contribution is 2.46. The molecule has 0 N–H and O–H groups in total. The smallest absolute Gasteiger partial charge is 0.164 e. The van der Waals surface area contributed by atoms with Gasteiger partial charge < -0.3 is 13.6 Å². The van der Waals surface area contributed by atoms with Gasteiger partial charge in [-0.05, 0) is 82.9 Å². The van der Waals surface area contributed by atoms with Crippen LogP contribution in [-0.2, 0) is 0 Å². The van der Waals surface area contributed by atoms with Crippen LogP contribution in [0.3, 0.4) is 0 Å². The summed E-state index contributed by atoms with van der Waals surface area (Å²) in [4.78, 5) is 16.9. The van der Waals surface area contributed by atoms with Crippen molar-refractivity contribution >= 4 is 119 Å². The molecule has 7 heteroatoms. The van der Waals surface area contributed by atoms with Gasteiger partial charge in [0.1, 0.15) is 11.2 Å². The van der Waals surface area contributed by atoms with E-state index in [2.05, 4.69) is 234 Å². The Labute approximate surface area is 414 Å². The zero-order valence-corrected chi connectivity index (χ0v) is 39.2. The summed E-state index contributed by atoms with van der Waals surface area (Å²) < 4.78 is 14.3. The third-order valence-electron chi connectivity index (χ3n) is 14.7. The first-order valence-electron chi connectivity index (χ1n) is 24.3. The number of aromatic nitrogens is 5. The van der Waals surface area contributed by atoms with Gasteiger partial charge in [0.05, 0.1) is 27.8 Å². The molecule has 0 aliphatic carbocycles. The Morgan fingerprint density at radius 1 is 0.319 bits per heavy atom. The van der Waals surface area contributed by atoms with Crippen LogP contribution >= 0.6 is 11.3 Å².